The molecule has 1 aliphatic rings. The molecular formula is C16H16INO. The second-order valence-electron chi connectivity index (χ2n) is 5.14. The molecule has 2 aromatic rings. The van der Waals surface area contributed by atoms with E-state index in [4.69, 9.17) is 0 Å². The molecule has 0 aliphatic heterocycles. The Morgan fingerprint density at radius 1 is 1.21 bits per heavy atom. The normalized spacial score (nSPS) is 14.6. The highest BCUT2D eigenvalue weighted by atomic mass is 127. The van der Waals surface area contributed by atoms with Crippen molar-refractivity contribution < 1.29 is 4.79 Å². The van der Waals surface area contributed by atoms with Gasteiger partial charge in [-0.2, -0.15) is 0 Å². The number of hydrogen-bond acceptors (Lipinski definition) is 1. The number of nitrogens with zero attached hydrogens (tertiary/aromatic N) is 1. The lowest BCUT2D eigenvalue weighted by atomic mass is 9.96. The summed E-state index contributed by atoms with van der Waals surface area (Å²) < 4.78 is 3.53. The van der Waals surface area contributed by atoms with Crippen molar-refractivity contribution >= 4 is 28.4 Å². The van der Waals surface area contributed by atoms with Crippen molar-refractivity contribution in [1.29, 1.82) is 0 Å². The summed E-state index contributed by atoms with van der Waals surface area (Å²) >= 11 is 2.37. The maximum Gasteiger partial charge on any atom is 0.164 e. The van der Waals surface area contributed by atoms with Gasteiger partial charge in [-0.3, -0.25) is 4.79 Å². The minimum Gasteiger partial charge on any atom is -0.317 e. The lowest BCUT2D eigenvalue weighted by molar-refractivity contribution is 0.0972. The molecule has 0 fully saturated rings. The van der Waals surface area contributed by atoms with Gasteiger partial charge in [0.2, 0.25) is 0 Å². The van der Waals surface area contributed by atoms with Crippen LogP contribution in [0.5, 0.6) is 0 Å². The number of carbonyl (C=O) groups excluding carboxylic acids is 1. The first-order chi connectivity index (χ1) is 9.09. The Kier molecular flexibility index (Phi) is 3.25. The largest absolute Gasteiger partial charge is 0.317 e. The molecule has 98 valence electrons. The first-order valence-corrected chi connectivity index (χ1v) is 7.67. The maximum absolute atomic E-state index is 12.0. The van der Waals surface area contributed by atoms with Gasteiger partial charge in [0, 0.05) is 32.6 Å². The molecule has 3 heteroatoms. The Balaban J connectivity index is 2.26. The fourth-order valence-electron chi connectivity index (χ4n) is 2.90. The van der Waals surface area contributed by atoms with Crippen molar-refractivity contribution in [3.05, 3.63) is 50.4 Å². The molecule has 0 saturated carbocycles. The molecule has 0 unspecified atom stereocenters. The van der Waals surface area contributed by atoms with E-state index < -0.39 is 0 Å². The zero-order valence-corrected chi connectivity index (χ0v) is 13.3. The Morgan fingerprint density at radius 2 is 2.00 bits per heavy atom. The van der Waals surface area contributed by atoms with E-state index >= 15 is 0 Å². The van der Waals surface area contributed by atoms with Crippen LogP contribution in [0.25, 0.3) is 5.69 Å². The van der Waals surface area contributed by atoms with Gasteiger partial charge in [0.15, 0.2) is 5.78 Å². The molecule has 0 spiro atoms. The average Bonchev–Trinajstić information content (AvgIpc) is 2.71. The van der Waals surface area contributed by atoms with Gasteiger partial charge in [0.1, 0.15) is 0 Å². The van der Waals surface area contributed by atoms with E-state index in [1.54, 1.807) is 0 Å². The fraction of sp³-hybridized carbons (Fsp3) is 0.312. The van der Waals surface area contributed by atoms with Crippen LogP contribution in [0.3, 0.4) is 0 Å². The molecule has 1 aromatic carbocycles. The van der Waals surface area contributed by atoms with Gasteiger partial charge in [-0.1, -0.05) is 6.07 Å². The van der Waals surface area contributed by atoms with Crippen LogP contribution in [0.1, 0.15) is 40.2 Å². The molecule has 1 aromatic heterocycles. The van der Waals surface area contributed by atoms with Gasteiger partial charge >= 0.3 is 0 Å². The summed E-state index contributed by atoms with van der Waals surface area (Å²) in [6.45, 7) is 4.23. The number of aryl methyl sites for hydroxylation is 1. The van der Waals surface area contributed by atoms with Gasteiger partial charge in [0.05, 0.1) is 0 Å². The Labute approximate surface area is 127 Å². The molecule has 0 N–H and O–H groups in total. The lowest BCUT2D eigenvalue weighted by Gasteiger charge is -2.18. The molecule has 19 heavy (non-hydrogen) atoms. The number of carbonyl (C=O) groups is 1. The predicted molar refractivity (Wildman–Crippen MR) is 85.2 cm³/mol. The molecule has 0 atom stereocenters. The third-order valence-corrected chi connectivity index (χ3v) is 5.05. The summed E-state index contributed by atoms with van der Waals surface area (Å²) in [5.41, 5.74) is 5.77. The monoisotopic (exact) mass is 365 g/mol. The first kappa shape index (κ1) is 12.9. The maximum atomic E-state index is 12.0. The van der Waals surface area contributed by atoms with E-state index in [2.05, 4.69) is 65.3 Å². The van der Waals surface area contributed by atoms with Crippen LogP contribution in [0.2, 0.25) is 0 Å². The SMILES string of the molecule is Cc1c(I)cccc1-n1c(C)cc2c1CCCC2=O. The third kappa shape index (κ3) is 2.04. The van der Waals surface area contributed by atoms with Crippen LogP contribution in [0, 0.1) is 17.4 Å². The highest BCUT2D eigenvalue weighted by Gasteiger charge is 2.23. The zero-order chi connectivity index (χ0) is 13.6. The summed E-state index contributed by atoms with van der Waals surface area (Å²) in [6.07, 6.45) is 2.67. The third-order valence-electron chi connectivity index (χ3n) is 3.88. The van der Waals surface area contributed by atoms with Crippen LogP contribution in [-0.2, 0) is 6.42 Å². The van der Waals surface area contributed by atoms with Crippen LogP contribution >= 0.6 is 22.6 Å². The fourth-order valence-corrected chi connectivity index (χ4v) is 3.39. The first-order valence-electron chi connectivity index (χ1n) is 6.59. The van der Waals surface area contributed by atoms with Crippen LogP contribution in [0.4, 0.5) is 0 Å². The number of hydrogen-bond donors (Lipinski definition) is 0. The molecule has 1 aliphatic carbocycles. The van der Waals surface area contributed by atoms with Gasteiger partial charge in [-0.25, -0.2) is 0 Å². The highest BCUT2D eigenvalue weighted by molar-refractivity contribution is 14.1. The zero-order valence-electron chi connectivity index (χ0n) is 11.2. The Morgan fingerprint density at radius 3 is 2.79 bits per heavy atom. The molecule has 0 bridgehead atoms. The second-order valence-corrected chi connectivity index (χ2v) is 6.30. The lowest BCUT2D eigenvalue weighted by Crippen LogP contribution is -2.13. The number of rotatable bonds is 1. The summed E-state index contributed by atoms with van der Waals surface area (Å²) in [5, 5.41) is 0. The van der Waals surface area contributed by atoms with E-state index in [9.17, 15) is 4.79 Å². The van der Waals surface area contributed by atoms with Gasteiger partial charge in [-0.05, 0) is 73.0 Å². The van der Waals surface area contributed by atoms with E-state index in [0.29, 0.717) is 12.2 Å². The van der Waals surface area contributed by atoms with Crippen LogP contribution < -0.4 is 0 Å². The minimum absolute atomic E-state index is 0.298. The predicted octanol–water partition coefficient (Wildman–Crippen LogP) is 4.22. The summed E-state index contributed by atoms with van der Waals surface area (Å²) in [5.74, 6) is 0.298. The van der Waals surface area contributed by atoms with E-state index in [-0.39, 0.29) is 0 Å². The molecule has 1 heterocycles. The quantitative estimate of drug-likeness (QED) is 0.694. The Bertz CT molecular complexity index is 670. The van der Waals surface area contributed by atoms with Crippen LogP contribution in [0.15, 0.2) is 24.3 Å². The molecule has 2 nitrogen and oxygen atoms in total. The summed E-state index contributed by atoms with van der Waals surface area (Å²) in [4.78, 5) is 12.0. The van der Waals surface area contributed by atoms with Gasteiger partial charge in [-0.15, -0.1) is 0 Å². The van der Waals surface area contributed by atoms with Crippen molar-refractivity contribution in [3.63, 3.8) is 0 Å². The number of ketones is 1. The molecular weight excluding hydrogens is 349 g/mol. The van der Waals surface area contributed by atoms with Crippen molar-refractivity contribution in [2.24, 2.45) is 0 Å². The van der Waals surface area contributed by atoms with Crippen molar-refractivity contribution in [3.8, 4) is 5.69 Å². The molecule has 3 rings (SSSR count). The van der Waals surface area contributed by atoms with Crippen LogP contribution in [-0.4, -0.2) is 10.4 Å². The van der Waals surface area contributed by atoms with Crippen molar-refractivity contribution in [2.45, 2.75) is 33.1 Å². The topological polar surface area (TPSA) is 22.0 Å². The standard InChI is InChI=1S/C16H16INO/c1-10-9-12-15(7-4-8-16(12)19)18(10)14-6-3-5-13(17)11(14)2/h3,5-6,9H,4,7-8H2,1-2H3. The van der Waals surface area contributed by atoms with Gasteiger partial charge in [0.25, 0.3) is 0 Å². The van der Waals surface area contributed by atoms with E-state index in [1.807, 2.05) is 0 Å². The number of Topliss-reactive ketones (excluding diaryl/α,β-unsaturated/α-hetero) is 1. The summed E-state index contributed by atoms with van der Waals surface area (Å²) in [6, 6.07) is 8.40. The van der Waals surface area contributed by atoms with Crippen molar-refractivity contribution in [2.75, 3.05) is 0 Å². The number of aromatic nitrogens is 1. The molecule has 0 amide bonds. The smallest absolute Gasteiger partial charge is 0.164 e. The van der Waals surface area contributed by atoms with E-state index in [0.717, 1.165) is 24.1 Å². The second kappa shape index (κ2) is 4.78. The van der Waals surface area contributed by atoms with Gasteiger partial charge < -0.3 is 4.57 Å². The van der Waals surface area contributed by atoms with Crippen molar-refractivity contribution in [1.82, 2.24) is 4.57 Å². The molecule has 0 radical (unpaired) electrons. The molecule has 0 saturated heterocycles. The highest BCUT2D eigenvalue weighted by Crippen LogP contribution is 2.30. The van der Waals surface area contributed by atoms with E-state index in [1.165, 1.54) is 20.5 Å². The Hall–Kier alpha value is -1.10. The minimum atomic E-state index is 0.298. The number of halogens is 1. The number of fused-ring (bicyclic) bond motifs is 1. The number of benzene rings is 1. The average molecular weight is 365 g/mol. The summed E-state index contributed by atoms with van der Waals surface area (Å²) in [7, 11) is 0.